The number of ether oxygens (including phenoxy) is 1. The molecular formula is C13H20ClNOS. The molecule has 0 bridgehead atoms. The van der Waals surface area contributed by atoms with Crippen molar-refractivity contribution in [2.75, 3.05) is 19.1 Å². The Morgan fingerprint density at radius 1 is 1.47 bits per heavy atom. The average molecular weight is 274 g/mol. The van der Waals surface area contributed by atoms with Gasteiger partial charge in [0.2, 0.25) is 0 Å². The highest BCUT2D eigenvalue weighted by atomic mass is 35.5. The smallest absolute Gasteiger partial charge is 0.124 e. The van der Waals surface area contributed by atoms with Crippen molar-refractivity contribution in [3.8, 4) is 5.75 Å². The molecule has 0 aromatic heterocycles. The van der Waals surface area contributed by atoms with Gasteiger partial charge in [0.05, 0.1) is 7.11 Å². The summed E-state index contributed by atoms with van der Waals surface area (Å²) in [7, 11) is 1.67. The van der Waals surface area contributed by atoms with Crippen molar-refractivity contribution < 1.29 is 4.74 Å². The van der Waals surface area contributed by atoms with Crippen LogP contribution in [0.3, 0.4) is 0 Å². The number of nitrogens with one attached hydrogen (secondary N) is 1. The molecule has 1 N–H and O–H groups in total. The quantitative estimate of drug-likeness (QED) is 0.821. The number of hydrogen-bond acceptors (Lipinski definition) is 3. The molecule has 2 nitrogen and oxygen atoms in total. The van der Waals surface area contributed by atoms with Gasteiger partial charge in [-0.15, -0.1) is 0 Å². The second kappa shape index (κ2) is 7.85. The van der Waals surface area contributed by atoms with Crippen LogP contribution in [0.2, 0.25) is 5.02 Å². The van der Waals surface area contributed by atoms with Crippen LogP contribution in [0.15, 0.2) is 18.2 Å². The molecule has 1 rings (SSSR count). The lowest BCUT2D eigenvalue weighted by atomic mass is 10.1. The fourth-order valence-electron chi connectivity index (χ4n) is 1.67. The Bertz CT molecular complexity index is 346. The van der Waals surface area contributed by atoms with Crippen molar-refractivity contribution >= 4 is 23.4 Å². The third kappa shape index (κ3) is 4.41. The maximum absolute atomic E-state index is 6.19. The first-order valence-electron chi connectivity index (χ1n) is 5.76. The van der Waals surface area contributed by atoms with Crippen LogP contribution in [0.1, 0.15) is 18.9 Å². The molecule has 96 valence electrons. The van der Waals surface area contributed by atoms with Crippen LogP contribution in [-0.4, -0.2) is 25.2 Å². The molecule has 0 saturated carbocycles. The number of methoxy groups -OCH3 is 1. The van der Waals surface area contributed by atoms with E-state index in [1.54, 1.807) is 7.11 Å². The Balaban J connectivity index is 2.67. The first kappa shape index (κ1) is 14.7. The zero-order chi connectivity index (χ0) is 12.7. The summed E-state index contributed by atoms with van der Waals surface area (Å²) in [5.74, 6) is 1.97. The van der Waals surface area contributed by atoms with Crippen LogP contribution >= 0.6 is 23.4 Å². The monoisotopic (exact) mass is 273 g/mol. The SMILES string of the molecule is CCC(CSC)NCc1c(Cl)cccc1OC. The number of rotatable bonds is 7. The molecule has 1 aromatic rings. The zero-order valence-corrected chi connectivity index (χ0v) is 12.2. The third-order valence-corrected chi connectivity index (χ3v) is 3.81. The lowest BCUT2D eigenvalue weighted by Gasteiger charge is -2.17. The summed E-state index contributed by atoms with van der Waals surface area (Å²) in [6.07, 6.45) is 3.24. The van der Waals surface area contributed by atoms with Gasteiger partial charge >= 0.3 is 0 Å². The minimum atomic E-state index is 0.519. The van der Waals surface area contributed by atoms with E-state index in [2.05, 4.69) is 18.5 Å². The second-order valence-corrected chi connectivity index (χ2v) is 5.18. The number of hydrogen-bond donors (Lipinski definition) is 1. The van der Waals surface area contributed by atoms with Gasteiger partial charge in [0.1, 0.15) is 5.75 Å². The summed E-state index contributed by atoms with van der Waals surface area (Å²) >= 11 is 8.04. The summed E-state index contributed by atoms with van der Waals surface area (Å²) < 4.78 is 5.32. The van der Waals surface area contributed by atoms with E-state index in [-0.39, 0.29) is 0 Å². The van der Waals surface area contributed by atoms with Crippen molar-refractivity contribution in [1.82, 2.24) is 5.32 Å². The molecule has 1 atom stereocenters. The molecule has 0 amide bonds. The van der Waals surface area contributed by atoms with E-state index in [0.717, 1.165) is 35.1 Å². The van der Waals surface area contributed by atoms with E-state index in [0.29, 0.717) is 6.04 Å². The van der Waals surface area contributed by atoms with Crippen LogP contribution in [0.25, 0.3) is 0 Å². The van der Waals surface area contributed by atoms with E-state index in [4.69, 9.17) is 16.3 Å². The molecule has 0 saturated heterocycles. The highest BCUT2D eigenvalue weighted by Crippen LogP contribution is 2.26. The van der Waals surface area contributed by atoms with Gasteiger partial charge in [0.15, 0.2) is 0 Å². The molecule has 0 aliphatic carbocycles. The molecule has 0 spiro atoms. The van der Waals surface area contributed by atoms with Gasteiger partial charge in [-0.05, 0) is 24.8 Å². The highest BCUT2D eigenvalue weighted by molar-refractivity contribution is 7.98. The summed E-state index contributed by atoms with van der Waals surface area (Å²) in [6.45, 7) is 2.94. The molecular weight excluding hydrogens is 254 g/mol. The van der Waals surface area contributed by atoms with Gasteiger partial charge in [-0.3, -0.25) is 0 Å². The normalized spacial score (nSPS) is 12.5. The Morgan fingerprint density at radius 3 is 2.82 bits per heavy atom. The molecule has 1 unspecified atom stereocenters. The topological polar surface area (TPSA) is 21.3 Å². The molecule has 0 aliphatic rings. The number of benzene rings is 1. The minimum absolute atomic E-state index is 0.519. The fourth-order valence-corrected chi connectivity index (χ4v) is 2.66. The molecule has 17 heavy (non-hydrogen) atoms. The maximum Gasteiger partial charge on any atom is 0.124 e. The van der Waals surface area contributed by atoms with E-state index >= 15 is 0 Å². The Labute approximate surface area is 113 Å². The first-order chi connectivity index (χ1) is 8.22. The van der Waals surface area contributed by atoms with Gasteiger partial charge in [0.25, 0.3) is 0 Å². The second-order valence-electron chi connectivity index (χ2n) is 3.86. The van der Waals surface area contributed by atoms with Gasteiger partial charge in [0, 0.05) is 28.9 Å². The standard InChI is InChI=1S/C13H20ClNOS/c1-4-10(9-17-3)15-8-11-12(14)6-5-7-13(11)16-2/h5-7,10,15H,4,8-9H2,1-3H3. The minimum Gasteiger partial charge on any atom is -0.496 e. The van der Waals surface area contributed by atoms with Gasteiger partial charge < -0.3 is 10.1 Å². The van der Waals surface area contributed by atoms with Crippen LogP contribution < -0.4 is 10.1 Å². The average Bonchev–Trinajstić information content (AvgIpc) is 2.35. The third-order valence-electron chi connectivity index (χ3n) is 2.72. The maximum atomic E-state index is 6.19. The van der Waals surface area contributed by atoms with Crippen molar-refractivity contribution in [2.24, 2.45) is 0 Å². The van der Waals surface area contributed by atoms with E-state index in [9.17, 15) is 0 Å². The van der Waals surface area contributed by atoms with E-state index in [1.807, 2.05) is 30.0 Å². The Kier molecular flexibility index (Phi) is 6.78. The van der Waals surface area contributed by atoms with E-state index < -0.39 is 0 Å². The molecule has 0 aliphatic heterocycles. The molecule has 0 heterocycles. The predicted octanol–water partition coefficient (Wildman–Crippen LogP) is 3.58. The van der Waals surface area contributed by atoms with Crippen molar-refractivity contribution in [3.63, 3.8) is 0 Å². The largest absolute Gasteiger partial charge is 0.496 e. The molecule has 0 radical (unpaired) electrons. The summed E-state index contributed by atoms with van der Waals surface area (Å²) in [5, 5.41) is 4.28. The highest BCUT2D eigenvalue weighted by Gasteiger charge is 2.10. The molecule has 4 heteroatoms. The first-order valence-corrected chi connectivity index (χ1v) is 7.53. The lowest BCUT2D eigenvalue weighted by molar-refractivity contribution is 0.405. The Hall–Kier alpha value is -0.380. The number of thioether (sulfide) groups is 1. The van der Waals surface area contributed by atoms with Crippen molar-refractivity contribution in [1.29, 1.82) is 0 Å². The zero-order valence-electron chi connectivity index (χ0n) is 10.6. The van der Waals surface area contributed by atoms with Crippen molar-refractivity contribution in [2.45, 2.75) is 25.9 Å². The molecule has 0 fully saturated rings. The number of halogens is 1. The summed E-state index contributed by atoms with van der Waals surface area (Å²) in [4.78, 5) is 0. The van der Waals surface area contributed by atoms with E-state index in [1.165, 1.54) is 0 Å². The van der Waals surface area contributed by atoms with Crippen LogP contribution in [0.4, 0.5) is 0 Å². The summed E-state index contributed by atoms with van der Waals surface area (Å²) in [5.41, 5.74) is 1.04. The Morgan fingerprint density at radius 2 is 2.24 bits per heavy atom. The predicted molar refractivity (Wildman–Crippen MR) is 77.3 cm³/mol. The lowest BCUT2D eigenvalue weighted by Crippen LogP contribution is -2.30. The van der Waals surface area contributed by atoms with Gasteiger partial charge in [-0.1, -0.05) is 24.6 Å². The van der Waals surface area contributed by atoms with Crippen LogP contribution in [0.5, 0.6) is 5.75 Å². The molecule has 1 aromatic carbocycles. The van der Waals surface area contributed by atoms with Crippen molar-refractivity contribution in [3.05, 3.63) is 28.8 Å². The van der Waals surface area contributed by atoms with Gasteiger partial charge in [-0.25, -0.2) is 0 Å². The van der Waals surface area contributed by atoms with Crippen LogP contribution in [0, 0.1) is 0 Å². The van der Waals surface area contributed by atoms with Gasteiger partial charge in [-0.2, -0.15) is 11.8 Å². The van der Waals surface area contributed by atoms with Crippen LogP contribution in [-0.2, 0) is 6.54 Å². The summed E-state index contributed by atoms with van der Waals surface area (Å²) in [6, 6.07) is 6.27. The fraction of sp³-hybridized carbons (Fsp3) is 0.538.